The first-order valence-corrected chi connectivity index (χ1v) is 9.26. The number of Topliss-reactive ketones (excluding diaryl/α,β-unsaturated/α-hetero) is 1. The third kappa shape index (κ3) is 6.22. The highest BCUT2D eigenvalue weighted by Crippen LogP contribution is 2.23. The van der Waals surface area contributed by atoms with Crippen molar-refractivity contribution in [2.45, 2.75) is 26.6 Å². The molecule has 2 rings (SSSR count). The van der Waals surface area contributed by atoms with Crippen molar-refractivity contribution in [3.63, 3.8) is 0 Å². The highest BCUT2D eigenvalue weighted by atomic mass is 19.4. The van der Waals surface area contributed by atoms with Crippen LogP contribution in [0, 0.1) is 25.2 Å². The Kier molecular flexibility index (Phi) is 7.28. The van der Waals surface area contributed by atoms with Crippen LogP contribution in [0.2, 0.25) is 0 Å². The molecule has 1 aromatic heterocycles. The van der Waals surface area contributed by atoms with Gasteiger partial charge in [-0.3, -0.25) is 4.79 Å². The van der Waals surface area contributed by atoms with Crippen molar-refractivity contribution in [1.29, 1.82) is 5.26 Å². The van der Waals surface area contributed by atoms with Gasteiger partial charge in [-0.15, -0.1) is 0 Å². The molecule has 0 saturated heterocycles. The van der Waals surface area contributed by atoms with Crippen LogP contribution in [0.4, 0.5) is 18.9 Å². The zero-order chi connectivity index (χ0) is 23.3. The van der Waals surface area contributed by atoms with E-state index >= 15 is 0 Å². The van der Waals surface area contributed by atoms with Gasteiger partial charge in [-0.1, -0.05) is 12.1 Å². The molecule has 6 nitrogen and oxygen atoms in total. The van der Waals surface area contributed by atoms with E-state index in [1.54, 1.807) is 18.2 Å². The van der Waals surface area contributed by atoms with Crippen molar-refractivity contribution in [1.82, 2.24) is 4.57 Å². The summed E-state index contributed by atoms with van der Waals surface area (Å²) in [5.74, 6) is -1.64. The lowest BCUT2D eigenvalue weighted by Crippen LogP contribution is -2.20. The fourth-order valence-corrected chi connectivity index (χ4v) is 2.96. The number of rotatable bonds is 7. The van der Waals surface area contributed by atoms with Gasteiger partial charge in [0, 0.05) is 36.7 Å². The number of alkyl halides is 3. The van der Waals surface area contributed by atoms with Crippen LogP contribution in [0.25, 0.3) is 6.08 Å². The Balaban J connectivity index is 2.09. The molecule has 0 spiro atoms. The molecule has 0 aliphatic heterocycles. The zero-order valence-corrected chi connectivity index (χ0v) is 17.6. The molecule has 0 saturated carbocycles. The lowest BCUT2D eigenvalue weighted by Gasteiger charge is -2.12. The highest BCUT2D eigenvalue weighted by Gasteiger charge is 2.30. The topological polar surface area (TPSA) is 75.3 Å². The van der Waals surface area contributed by atoms with Gasteiger partial charge in [-0.2, -0.15) is 18.4 Å². The van der Waals surface area contributed by atoms with Gasteiger partial charge in [0.15, 0.2) is 6.61 Å². The predicted molar refractivity (Wildman–Crippen MR) is 110 cm³/mol. The minimum absolute atomic E-state index is 0.0383. The second-order valence-corrected chi connectivity index (χ2v) is 7.14. The number of ketones is 1. The molecule has 31 heavy (non-hydrogen) atoms. The zero-order valence-electron chi connectivity index (χ0n) is 17.6. The molecule has 1 aromatic carbocycles. The molecule has 0 unspecified atom stereocenters. The molecule has 0 amide bonds. The first kappa shape index (κ1) is 23.7. The van der Waals surface area contributed by atoms with Crippen molar-refractivity contribution in [3.05, 3.63) is 58.4 Å². The Morgan fingerprint density at radius 3 is 2.32 bits per heavy atom. The number of ether oxygens (including phenoxy) is 1. The van der Waals surface area contributed by atoms with E-state index in [1.807, 2.05) is 31.1 Å². The smallest absolute Gasteiger partial charge is 0.406 e. The quantitative estimate of drug-likeness (QED) is 0.285. The van der Waals surface area contributed by atoms with E-state index in [0.717, 1.165) is 10.3 Å². The summed E-state index contributed by atoms with van der Waals surface area (Å²) in [6.45, 7) is 0.949. The first-order chi connectivity index (χ1) is 14.4. The number of aryl methyl sites for hydroxylation is 1. The standard InChI is InChI=1S/C22H22F3N3O3/c1-14-9-19(15(2)28(14)13-22(23,24)25)20(29)12-31-21(30)17(11-26)10-16-5-7-18(8-6-16)27(3)4/h5-10H,12-13H2,1-4H3/b17-10-. The third-order valence-electron chi connectivity index (χ3n) is 4.61. The second kappa shape index (κ2) is 9.51. The Bertz CT molecular complexity index is 1040. The van der Waals surface area contributed by atoms with E-state index < -0.39 is 31.1 Å². The summed E-state index contributed by atoms with van der Waals surface area (Å²) in [6.07, 6.45) is -3.10. The van der Waals surface area contributed by atoms with E-state index in [0.29, 0.717) is 5.56 Å². The van der Waals surface area contributed by atoms with E-state index in [9.17, 15) is 28.0 Å². The number of anilines is 1. The van der Waals surface area contributed by atoms with Gasteiger partial charge >= 0.3 is 12.1 Å². The summed E-state index contributed by atoms with van der Waals surface area (Å²) in [5.41, 5.74) is 1.67. The van der Waals surface area contributed by atoms with Gasteiger partial charge in [0.2, 0.25) is 5.78 Å². The normalized spacial score (nSPS) is 11.7. The summed E-state index contributed by atoms with van der Waals surface area (Å²) in [4.78, 5) is 26.5. The monoisotopic (exact) mass is 433 g/mol. The SMILES string of the molecule is Cc1cc(C(=O)COC(=O)/C(C#N)=C\c2ccc(N(C)C)cc2)c(C)n1CC(F)(F)F. The Hall–Kier alpha value is -3.54. The number of esters is 1. The molecular weight excluding hydrogens is 411 g/mol. The maximum Gasteiger partial charge on any atom is 0.406 e. The first-order valence-electron chi connectivity index (χ1n) is 9.26. The van der Waals surface area contributed by atoms with Crippen molar-refractivity contribution in [3.8, 4) is 6.07 Å². The lowest BCUT2D eigenvalue weighted by atomic mass is 10.1. The maximum absolute atomic E-state index is 12.7. The Morgan fingerprint density at radius 1 is 1.19 bits per heavy atom. The van der Waals surface area contributed by atoms with Crippen LogP contribution in [0.1, 0.15) is 27.3 Å². The third-order valence-corrected chi connectivity index (χ3v) is 4.61. The molecule has 0 fully saturated rings. The number of aromatic nitrogens is 1. The number of nitrogens with zero attached hydrogens (tertiary/aromatic N) is 3. The van der Waals surface area contributed by atoms with Crippen LogP contribution in [0.3, 0.4) is 0 Å². The largest absolute Gasteiger partial charge is 0.453 e. The van der Waals surface area contributed by atoms with Gasteiger partial charge in [0.1, 0.15) is 18.2 Å². The number of nitriles is 1. The van der Waals surface area contributed by atoms with Crippen molar-refractivity contribution in [2.75, 3.05) is 25.6 Å². The van der Waals surface area contributed by atoms with Crippen LogP contribution >= 0.6 is 0 Å². The number of hydrogen-bond donors (Lipinski definition) is 0. The number of carbonyl (C=O) groups excluding carboxylic acids is 2. The van der Waals surface area contributed by atoms with E-state index in [2.05, 4.69) is 0 Å². The van der Waals surface area contributed by atoms with E-state index in [4.69, 9.17) is 4.74 Å². The van der Waals surface area contributed by atoms with Gasteiger partial charge in [0.25, 0.3) is 0 Å². The van der Waals surface area contributed by atoms with Crippen LogP contribution in [0.5, 0.6) is 0 Å². The number of benzene rings is 1. The minimum atomic E-state index is -4.43. The number of halogens is 3. The summed E-state index contributed by atoms with van der Waals surface area (Å²) in [5, 5.41) is 9.25. The maximum atomic E-state index is 12.7. The Labute approximate surface area is 178 Å². The minimum Gasteiger partial charge on any atom is -0.453 e. The molecule has 1 heterocycles. The van der Waals surface area contributed by atoms with E-state index in [1.165, 1.54) is 26.0 Å². The van der Waals surface area contributed by atoms with Crippen LogP contribution in [-0.4, -0.2) is 43.2 Å². The fourth-order valence-electron chi connectivity index (χ4n) is 2.96. The molecule has 9 heteroatoms. The molecule has 2 aromatic rings. The summed E-state index contributed by atoms with van der Waals surface area (Å²) >= 11 is 0. The van der Waals surface area contributed by atoms with Crippen LogP contribution in [-0.2, 0) is 16.1 Å². The molecule has 0 bridgehead atoms. The summed E-state index contributed by atoms with van der Waals surface area (Å²) in [7, 11) is 3.75. The molecule has 0 aliphatic rings. The van der Waals surface area contributed by atoms with Gasteiger partial charge in [-0.25, -0.2) is 4.79 Å². The molecule has 0 N–H and O–H groups in total. The Morgan fingerprint density at radius 2 is 1.81 bits per heavy atom. The predicted octanol–water partition coefficient (Wildman–Crippen LogP) is 4.07. The molecule has 164 valence electrons. The van der Waals surface area contributed by atoms with Gasteiger partial charge < -0.3 is 14.2 Å². The number of carbonyl (C=O) groups is 2. The van der Waals surface area contributed by atoms with Crippen molar-refractivity contribution < 1.29 is 27.5 Å². The molecular formula is C22H22F3N3O3. The molecule has 0 aliphatic carbocycles. The number of hydrogen-bond acceptors (Lipinski definition) is 5. The van der Waals surface area contributed by atoms with Crippen molar-refractivity contribution >= 4 is 23.5 Å². The fraction of sp³-hybridized carbons (Fsp3) is 0.318. The summed E-state index contributed by atoms with van der Waals surface area (Å²) < 4.78 is 44.1. The van der Waals surface area contributed by atoms with Gasteiger partial charge in [0.05, 0.1) is 0 Å². The van der Waals surface area contributed by atoms with Crippen LogP contribution < -0.4 is 4.90 Å². The summed E-state index contributed by atoms with van der Waals surface area (Å²) in [6, 6.07) is 10.1. The molecule has 0 atom stereocenters. The highest BCUT2D eigenvalue weighted by molar-refractivity contribution is 6.02. The van der Waals surface area contributed by atoms with Gasteiger partial charge in [-0.05, 0) is 43.7 Å². The van der Waals surface area contributed by atoms with Crippen molar-refractivity contribution in [2.24, 2.45) is 0 Å². The molecule has 0 radical (unpaired) electrons. The van der Waals surface area contributed by atoms with Crippen LogP contribution in [0.15, 0.2) is 35.9 Å². The van der Waals surface area contributed by atoms with E-state index in [-0.39, 0.29) is 22.5 Å². The average molecular weight is 433 g/mol. The lowest BCUT2D eigenvalue weighted by molar-refractivity contribution is -0.141. The second-order valence-electron chi connectivity index (χ2n) is 7.14. The average Bonchev–Trinajstić information content (AvgIpc) is 2.97.